The first-order chi connectivity index (χ1) is 9.99. The summed E-state index contributed by atoms with van der Waals surface area (Å²) >= 11 is 0. The van der Waals surface area contributed by atoms with E-state index in [4.69, 9.17) is 4.74 Å². The zero-order valence-electron chi connectivity index (χ0n) is 13.0. The molecule has 0 aliphatic carbocycles. The van der Waals surface area contributed by atoms with Gasteiger partial charge in [0.2, 0.25) is 10.0 Å². The van der Waals surface area contributed by atoms with Crippen LogP contribution in [0, 0.1) is 0 Å². The highest BCUT2D eigenvalue weighted by molar-refractivity contribution is 7.89. The zero-order valence-corrected chi connectivity index (χ0v) is 13.8. The van der Waals surface area contributed by atoms with Crippen molar-refractivity contribution >= 4 is 10.0 Å². The molecule has 0 saturated heterocycles. The second-order valence-corrected chi connectivity index (χ2v) is 6.57. The summed E-state index contributed by atoms with van der Waals surface area (Å²) < 4.78 is 33.6. The summed E-state index contributed by atoms with van der Waals surface area (Å²) in [5, 5.41) is 7.31. The van der Waals surface area contributed by atoms with Gasteiger partial charge in [-0.1, -0.05) is 6.92 Å². The Kier molecular flexibility index (Phi) is 7.87. The number of sulfonamides is 1. The molecule has 21 heavy (non-hydrogen) atoms. The maximum atomic E-state index is 12.1. The standard InChI is InChI=1S/C13H26N4O3S/c1-4-6-14-7-8-17-11-13(10-15-17)21(18,19)16-9-12(3)20-5-2/h10-12,14,16H,4-9H2,1-3H3. The second-order valence-electron chi connectivity index (χ2n) is 4.81. The molecule has 0 spiro atoms. The van der Waals surface area contributed by atoms with Crippen LogP contribution in [0.1, 0.15) is 27.2 Å². The van der Waals surface area contributed by atoms with Gasteiger partial charge in [0.05, 0.1) is 18.8 Å². The van der Waals surface area contributed by atoms with Gasteiger partial charge in [-0.25, -0.2) is 13.1 Å². The molecule has 1 rings (SSSR count). The van der Waals surface area contributed by atoms with Crippen molar-refractivity contribution in [1.29, 1.82) is 0 Å². The summed E-state index contributed by atoms with van der Waals surface area (Å²) in [6, 6.07) is 0. The van der Waals surface area contributed by atoms with Crippen LogP contribution in [0.15, 0.2) is 17.3 Å². The number of aromatic nitrogens is 2. The summed E-state index contributed by atoms with van der Waals surface area (Å²) in [6.45, 7) is 8.97. The number of rotatable bonds is 11. The minimum atomic E-state index is -3.52. The Hall–Kier alpha value is -0.960. The van der Waals surface area contributed by atoms with Crippen molar-refractivity contribution in [3.8, 4) is 0 Å². The largest absolute Gasteiger partial charge is 0.377 e. The molecule has 0 aliphatic heterocycles. The Bertz CT molecular complexity index is 501. The van der Waals surface area contributed by atoms with E-state index in [0.29, 0.717) is 13.2 Å². The molecule has 0 aromatic carbocycles. The van der Waals surface area contributed by atoms with E-state index in [1.807, 2.05) is 13.8 Å². The second kappa shape index (κ2) is 9.14. The Morgan fingerprint density at radius 2 is 2.14 bits per heavy atom. The first-order valence-corrected chi connectivity index (χ1v) is 8.82. The van der Waals surface area contributed by atoms with Crippen molar-refractivity contribution in [2.75, 3.05) is 26.2 Å². The molecule has 1 aromatic rings. The molecule has 1 unspecified atom stereocenters. The fourth-order valence-corrected chi connectivity index (χ4v) is 2.82. The fraction of sp³-hybridized carbons (Fsp3) is 0.769. The normalized spacial score (nSPS) is 13.5. The molecule has 122 valence electrons. The number of hydrogen-bond acceptors (Lipinski definition) is 5. The Balaban J connectivity index is 2.49. The van der Waals surface area contributed by atoms with Gasteiger partial charge in [0.15, 0.2) is 0 Å². The maximum absolute atomic E-state index is 12.1. The molecule has 8 heteroatoms. The number of hydrogen-bond donors (Lipinski definition) is 2. The quantitative estimate of drug-likeness (QED) is 0.583. The van der Waals surface area contributed by atoms with E-state index in [1.54, 1.807) is 10.9 Å². The predicted molar refractivity (Wildman–Crippen MR) is 81.7 cm³/mol. The highest BCUT2D eigenvalue weighted by atomic mass is 32.2. The van der Waals surface area contributed by atoms with Crippen LogP contribution in [0.4, 0.5) is 0 Å². The van der Waals surface area contributed by atoms with Crippen molar-refractivity contribution in [3.63, 3.8) is 0 Å². The highest BCUT2D eigenvalue weighted by Gasteiger charge is 2.17. The van der Waals surface area contributed by atoms with Crippen LogP contribution >= 0.6 is 0 Å². The van der Waals surface area contributed by atoms with Crippen LogP contribution in [0.5, 0.6) is 0 Å². The lowest BCUT2D eigenvalue weighted by Crippen LogP contribution is -2.32. The van der Waals surface area contributed by atoms with Gasteiger partial charge in [0, 0.05) is 25.9 Å². The lowest BCUT2D eigenvalue weighted by molar-refractivity contribution is 0.0799. The average Bonchev–Trinajstić information content (AvgIpc) is 2.92. The third kappa shape index (κ3) is 6.56. The summed E-state index contributed by atoms with van der Waals surface area (Å²) in [5.41, 5.74) is 0. The van der Waals surface area contributed by atoms with Gasteiger partial charge in [-0.15, -0.1) is 0 Å². The van der Waals surface area contributed by atoms with Crippen molar-refractivity contribution < 1.29 is 13.2 Å². The first-order valence-electron chi connectivity index (χ1n) is 7.34. The minimum Gasteiger partial charge on any atom is -0.377 e. The third-order valence-corrected chi connectivity index (χ3v) is 4.25. The fourth-order valence-electron chi connectivity index (χ4n) is 1.75. The van der Waals surface area contributed by atoms with E-state index < -0.39 is 10.0 Å². The molecule has 0 amide bonds. The van der Waals surface area contributed by atoms with Gasteiger partial charge in [0.25, 0.3) is 0 Å². The summed E-state index contributed by atoms with van der Waals surface area (Å²) in [5.74, 6) is 0. The van der Waals surface area contributed by atoms with Crippen molar-refractivity contribution in [1.82, 2.24) is 19.8 Å². The monoisotopic (exact) mass is 318 g/mol. The van der Waals surface area contributed by atoms with E-state index in [9.17, 15) is 8.42 Å². The maximum Gasteiger partial charge on any atom is 0.243 e. The molecule has 0 fully saturated rings. The van der Waals surface area contributed by atoms with Gasteiger partial charge in [-0.05, 0) is 26.8 Å². The van der Waals surface area contributed by atoms with E-state index in [-0.39, 0.29) is 17.5 Å². The lowest BCUT2D eigenvalue weighted by Gasteiger charge is -2.12. The van der Waals surface area contributed by atoms with Gasteiger partial charge < -0.3 is 10.1 Å². The number of ether oxygens (including phenoxy) is 1. The van der Waals surface area contributed by atoms with Crippen molar-refractivity contribution in [2.24, 2.45) is 0 Å². The third-order valence-electron chi connectivity index (χ3n) is 2.88. The van der Waals surface area contributed by atoms with E-state index in [0.717, 1.165) is 19.5 Å². The molecule has 0 bridgehead atoms. The molecule has 1 heterocycles. The Morgan fingerprint density at radius 3 is 2.81 bits per heavy atom. The van der Waals surface area contributed by atoms with E-state index >= 15 is 0 Å². The van der Waals surface area contributed by atoms with E-state index in [2.05, 4.69) is 22.1 Å². The molecule has 1 aromatic heterocycles. The highest BCUT2D eigenvalue weighted by Crippen LogP contribution is 2.07. The molecule has 0 radical (unpaired) electrons. The topological polar surface area (TPSA) is 85.2 Å². The van der Waals surface area contributed by atoms with Crippen LogP contribution in [0.25, 0.3) is 0 Å². The van der Waals surface area contributed by atoms with Gasteiger partial charge in [-0.2, -0.15) is 5.10 Å². The molecular weight excluding hydrogens is 292 g/mol. The Labute approximate surface area is 127 Å². The summed E-state index contributed by atoms with van der Waals surface area (Å²) in [6.07, 6.45) is 3.83. The van der Waals surface area contributed by atoms with Crippen LogP contribution in [0.3, 0.4) is 0 Å². The van der Waals surface area contributed by atoms with Crippen LogP contribution in [0.2, 0.25) is 0 Å². The smallest absolute Gasteiger partial charge is 0.243 e. The molecular formula is C13H26N4O3S. The first kappa shape index (κ1) is 18.1. The molecule has 1 atom stereocenters. The Morgan fingerprint density at radius 1 is 1.38 bits per heavy atom. The number of nitrogens with zero attached hydrogens (tertiary/aromatic N) is 2. The molecule has 2 N–H and O–H groups in total. The van der Waals surface area contributed by atoms with Gasteiger partial charge >= 0.3 is 0 Å². The van der Waals surface area contributed by atoms with Crippen LogP contribution in [-0.2, 0) is 21.3 Å². The lowest BCUT2D eigenvalue weighted by atomic mass is 10.4. The van der Waals surface area contributed by atoms with Crippen molar-refractivity contribution in [3.05, 3.63) is 12.4 Å². The van der Waals surface area contributed by atoms with E-state index in [1.165, 1.54) is 6.20 Å². The van der Waals surface area contributed by atoms with Crippen LogP contribution in [-0.4, -0.2) is 50.5 Å². The van der Waals surface area contributed by atoms with Gasteiger partial charge in [0.1, 0.15) is 4.90 Å². The zero-order chi connectivity index (χ0) is 15.7. The molecule has 0 aliphatic rings. The van der Waals surface area contributed by atoms with Crippen LogP contribution < -0.4 is 10.0 Å². The SMILES string of the molecule is CCCNCCn1cc(S(=O)(=O)NCC(C)OCC)cn1. The molecule has 0 saturated carbocycles. The summed E-state index contributed by atoms with van der Waals surface area (Å²) in [4.78, 5) is 0.182. The summed E-state index contributed by atoms with van der Waals surface area (Å²) in [7, 11) is -3.52. The molecule has 7 nitrogen and oxygen atoms in total. The average molecular weight is 318 g/mol. The predicted octanol–water partition coefficient (Wildman–Crippen LogP) is 0.586. The van der Waals surface area contributed by atoms with Gasteiger partial charge in [-0.3, -0.25) is 4.68 Å². The minimum absolute atomic E-state index is 0.155. The van der Waals surface area contributed by atoms with Crippen molar-refractivity contribution in [2.45, 2.75) is 44.7 Å². The number of nitrogens with one attached hydrogen (secondary N) is 2.